The van der Waals surface area contributed by atoms with E-state index in [4.69, 9.17) is 9.47 Å². The van der Waals surface area contributed by atoms with Gasteiger partial charge in [-0.2, -0.15) is 0 Å². The lowest BCUT2D eigenvalue weighted by molar-refractivity contribution is -0.121. The molecule has 0 bridgehead atoms. The number of rotatable bonds is 7. The zero-order valence-corrected chi connectivity index (χ0v) is 12.8. The van der Waals surface area contributed by atoms with Crippen molar-refractivity contribution in [1.82, 2.24) is 10.6 Å². The van der Waals surface area contributed by atoms with Gasteiger partial charge in [-0.3, -0.25) is 9.59 Å². The van der Waals surface area contributed by atoms with E-state index in [1.54, 1.807) is 0 Å². The van der Waals surface area contributed by atoms with Gasteiger partial charge in [-0.1, -0.05) is 6.07 Å². The van der Waals surface area contributed by atoms with Crippen LogP contribution in [0.2, 0.25) is 0 Å². The van der Waals surface area contributed by atoms with Gasteiger partial charge in [-0.05, 0) is 30.5 Å². The average molecular weight is 306 g/mol. The van der Waals surface area contributed by atoms with Gasteiger partial charge in [0.1, 0.15) is 13.2 Å². The highest BCUT2D eigenvalue weighted by molar-refractivity contribution is 5.78. The molecule has 0 saturated heterocycles. The van der Waals surface area contributed by atoms with Crippen LogP contribution in [0.1, 0.15) is 25.3 Å². The molecule has 0 atom stereocenters. The van der Waals surface area contributed by atoms with E-state index >= 15 is 0 Å². The second-order valence-electron chi connectivity index (χ2n) is 5.19. The van der Waals surface area contributed by atoms with Crippen LogP contribution in [0.15, 0.2) is 18.2 Å². The average Bonchev–Trinajstić information content (AvgIpc) is 2.50. The predicted molar refractivity (Wildman–Crippen MR) is 82.1 cm³/mol. The van der Waals surface area contributed by atoms with Gasteiger partial charge in [-0.15, -0.1) is 0 Å². The molecule has 6 heteroatoms. The van der Waals surface area contributed by atoms with Gasteiger partial charge in [0.2, 0.25) is 11.8 Å². The maximum Gasteiger partial charge on any atom is 0.224 e. The van der Waals surface area contributed by atoms with Crippen LogP contribution < -0.4 is 20.1 Å². The molecule has 1 heterocycles. The Kier molecular flexibility index (Phi) is 6.06. The molecule has 1 aliphatic rings. The fourth-order valence-corrected chi connectivity index (χ4v) is 2.19. The summed E-state index contributed by atoms with van der Waals surface area (Å²) in [6, 6.07) is 5.57. The van der Waals surface area contributed by atoms with Crippen LogP contribution in [0.25, 0.3) is 0 Å². The first-order valence-corrected chi connectivity index (χ1v) is 7.55. The van der Waals surface area contributed by atoms with E-state index in [-0.39, 0.29) is 11.8 Å². The third kappa shape index (κ3) is 5.27. The SMILES string of the molecule is CC(=O)NCCCCNC(=O)Cc1ccc2c(c1)OCCO2. The molecule has 1 aromatic carbocycles. The van der Waals surface area contributed by atoms with E-state index < -0.39 is 0 Å². The van der Waals surface area contributed by atoms with E-state index in [0.29, 0.717) is 38.5 Å². The molecular weight excluding hydrogens is 284 g/mol. The fraction of sp³-hybridized carbons (Fsp3) is 0.500. The van der Waals surface area contributed by atoms with E-state index in [0.717, 1.165) is 24.2 Å². The predicted octanol–water partition coefficient (Wildman–Crippen LogP) is 1.03. The highest BCUT2D eigenvalue weighted by Crippen LogP contribution is 2.30. The van der Waals surface area contributed by atoms with Crippen LogP contribution in [0, 0.1) is 0 Å². The van der Waals surface area contributed by atoms with Crippen LogP contribution in [-0.2, 0) is 16.0 Å². The van der Waals surface area contributed by atoms with Gasteiger partial charge in [0.15, 0.2) is 11.5 Å². The Morgan fingerprint density at radius 2 is 1.73 bits per heavy atom. The molecule has 0 spiro atoms. The van der Waals surface area contributed by atoms with Crippen molar-refractivity contribution in [2.45, 2.75) is 26.2 Å². The molecule has 0 radical (unpaired) electrons. The molecule has 0 aromatic heterocycles. The Morgan fingerprint density at radius 1 is 1.05 bits per heavy atom. The number of carbonyl (C=O) groups is 2. The Bertz CT molecular complexity index is 531. The molecule has 0 saturated carbocycles. The van der Waals surface area contributed by atoms with Crippen LogP contribution in [0.5, 0.6) is 11.5 Å². The molecule has 0 fully saturated rings. The number of amides is 2. The maximum absolute atomic E-state index is 11.9. The number of ether oxygens (including phenoxy) is 2. The van der Waals surface area contributed by atoms with E-state index in [2.05, 4.69) is 10.6 Å². The minimum atomic E-state index is -0.0253. The summed E-state index contributed by atoms with van der Waals surface area (Å²) >= 11 is 0. The minimum Gasteiger partial charge on any atom is -0.486 e. The van der Waals surface area contributed by atoms with Gasteiger partial charge < -0.3 is 20.1 Å². The Morgan fingerprint density at radius 3 is 2.45 bits per heavy atom. The second kappa shape index (κ2) is 8.26. The first-order valence-electron chi connectivity index (χ1n) is 7.55. The van der Waals surface area contributed by atoms with E-state index in [9.17, 15) is 9.59 Å². The van der Waals surface area contributed by atoms with Crippen molar-refractivity contribution in [1.29, 1.82) is 0 Å². The number of unbranched alkanes of at least 4 members (excludes halogenated alkanes) is 1. The number of fused-ring (bicyclic) bond motifs is 1. The molecule has 1 aromatic rings. The largest absolute Gasteiger partial charge is 0.486 e. The topological polar surface area (TPSA) is 76.7 Å². The normalized spacial score (nSPS) is 12.6. The van der Waals surface area contributed by atoms with Crippen LogP contribution in [-0.4, -0.2) is 38.1 Å². The molecule has 1 aliphatic heterocycles. The molecule has 2 N–H and O–H groups in total. The van der Waals surface area contributed by atoms with Crippen molar-refractivity contribution in [2.24, 2.45) is 0 Å². The third-order valence-corrected chi connectivity index (χ3v) is 3.27. The highest BCUT2D eigenvalue weighted by atomic mass is 16.6. The Balaban J connectivity index is 1.67. The summed E-state index contributed by atoms with van der Waals surface area (Å²) in [4.78, 5) is 22.6. The van der Waals surface area contributed by atoms with Crippen LogP contribution in [0.3, 0.4) is 0 Å². The molecule has 0 aliphatic carbocycles. The Hall–Kier alpha value is -2.24. The van der Waals surface area contributed by atoms with E-state index in [1.807, 2.05) is 18.2 Å². The molecule has 2 amide bonds. The summed E-state index contributed by atoms with van der Waals surface area (Å²) in [7, 11) is 0. The lowest BCUT2D eigenvalue weighted by Gasteiger charge is -2.18. The van der Waals surface area contributed by atoms with Crippen LogP contribution >= 0.6 is 0 Å². The summed E-state index contributed by atoms with van der Waals surface area (Å²) in [6.07, 6.45) is 2.01. The number of nitrogens with one attached hydrogen (secondary N) is 2. The quantitative estimate of drug-likeness (QED) is 0.738. The Labute approximate surface area is 130 Å². The molecular formula is C16H22N2O4. The van der Waals surface area contributed by atoms with Gasteiger partial charge in [0, 0.05) is 20.0 Å². The number of hydrogen-bond donors (Lipinski definition) is 2. The smallest absolute Gasteiger partial charge is 0.224 e. The second-order valence-corrected chi connectivity index (χ2v) is 5.19. The van der Waals surface area contributed by atoms with Gasteiger partial charge in [0.05, 0.1) is 6.42 Å². The monoisotopic (exact) mass is 306 g/mol. The number of hydrogen-bond acceptors (Lipinski definition) is 4. The van der Waals surface area contributed by atoms with Gasteiger partial charge in [0.25, 0.3) is 0 Å². The number of carbonyl (C=O) groups excluding carboxylic acids is 2. The summed E-state index contributed by atoms with van der Waals surface area (Å²) in [5, 5.41) is 5.60. The lowest BCUT2D eigenvalue weighted by atomic mass is 10.1. The summed E-state index contributed by atoms with van der Waals surface area (Å²) < 4.78 is 10.9. The van der Waals surface area contributed by atoms with Gasteiger partial charge >= 0.3 is 0 Å². The van der Waals surface area contributed by atoms with Crippen molar-refractivity contribution in [3.63, 3.8) is 0 Å². The van der Waals surface area contributed by atoms with Crippen LogP contribution in [0.4, 0.5) is 0 Å². The maximum atomic E-state index is 11.9. The standard InChI is InChI=1S/C16H22N2O4/c1-12(19)17-6-2-3-7-18-16(20)11-13-4-5-14-15(10-13)22-9-8-21-14/h4-5,10H,2-3,6-9,11H2,1H3,(H,17,19)(H,18,20). The fourth-order valence-electron chi connectivity index (χ4n) is 2.19. The van der Waals surface area contributed by atoms with E-state index in [1.165, 1.54) is 6.92 Å². The minimum absolute atomic E-state index is 0.0174. The van der Waals surface area contributed by atoms with Crippen molar-refractivity contribution in [3.8, 4) is 11.5 Å². The van der Waals surface area contributed by atoms with Crippen molar-refractivity contribution < 1.29 is 19.1 Å². The molecule has 0 unspecified atom stereocenters. The molecule has 22 heavy (non-hydrogen) atoms. The first-order chi connectivity index (χ1) is 10.6. The summed E-state index contributed by atoms with van der Waals surface area (Å²) in [5.41, 5.74) is 0.903. The molecule has 6 nitrogen and oxygen atoms in total. The zero-order chi connectivity index (χ0) is 15.8. The van der Waals surface area contributed by atoms with Crippen molar-refractivity contribution in [2.75, 3.05) is 26.3 Å². The summed E-state index contributed by atoms with van der Waals surface area (Å²) in [6.45, 7) is 3.85. The first kappa shape index (κ1) is 16.1. The summed E-state index contributed by atoms with van der Waals surface area (Å²) in [5.74, 6) is 1.39. The highest BCUT2D eigenvalue weighted by Gasteiger charge is 2.12. The third-order valence-electron chi connectivity index (χ3n) is 3.27. The molecule has 120 valence electrons. The number of benzene rings is 1. The lowest BCUT2D eigenvalue weighted by Crippen LogP contribution is -2.27. The zero-order valence-electron chi connectivity index (χ0n) is 12.8. The van der Waals surface area contributed by atoms with Gasteiger partial charge in [-0.25, -0.2) is 0 Å². The van der Waals surface area contributed by atoms with Crippen molar-refractivity contribution in [3.05, 3.63) is 23.8 Å². The van der Waals surface area contributed by atoms with Crippen molar-refractivity contribution >= 4 is 11.8 Å². The molecule has 2 rings (SSSR count).